The molecule has 62 heavy (non-hydrogen) atoms. The van der Waals surface area contributed by atoms with E-state index in [0.717, 1.165) is 55.5 Å². The van der Waals surface area contributed by atoms with E-state index in [0.29, 0.717) is 0 Å². The second kappa shape index (κ2) is 12.6. The van der Waals surface area contributed by atoms with Crippen LogP contribution in [0.5, 0.6) is 0 Å². The van der Waals surface area contributed by atoms with Crippen molar-refractivity contribution in [3.05, 3.63) is 210 Å². The second-order valence-electron chi connectivity index (χ2n) is 18.5. The van der Waals surface area contributed by atoms with Crippen LogP contribution in [0.1, 0.15) is 49.9 Å². The van der Waals surface area contributed by atoms with Gasteiger partial charge in [-0.15, -0.1) is 0 Å². The summed E-state index contributed by atoms with van der Waals surface area (Å²) in [4.78, 5) is 2.48. The van der Waals surface area contributed by atoms with Crippen molar-refractivity contribution in [3.63, 3.8) is 0 Å². The molecule has 0 atom stereocenters. The minimum absolute atomic E-state index is 0.157. The van der Waals surface area contributed by atoms with Crippen molar-refractivity contribution in [3.8, 4) is 33.4 Å². The van der Waals surface area contributed by atoms with E-state index in [1.165, 1.54) is 71.4 Å². The molecule has 11 aromatic rings. The fourth-order valence-electron chi connectivity index (χ4n) is 11.3. The van der Waals surface area contributed by atoms with Crippen LogP contribution in [0.2, 0.25) is 0 Å². The summed E-state index contributed by atoms with van der Waals surface area (Å²) in [5.74, 6) is 0. The Labute approximate surface area is 361 Å². The molecule has 1 aromatic heterocycles. The Kier molecular flexibility index (Phi) is 7.16. The number of hydrogen-bond acceptors (Lipinski definition) is 2. The van der Waals surface area contributed by atoms with Crippen molar-refractivity contribution in [1.82, 2.24) is 0 Å². The highest BCUT2D eigenvalue weighted by Crippen LogP contribution is 2.54. The van der Waals surface area contributed by atoms with Crippen LogP contribution >= 0.6 is 0 Å². The van der Waals surface area contributed by atoms with Crippen LogP contribution < -0.4 is 4.90 Å². The van der Waals surface area contributed by atoms with Gasteiger partial charge in [-0.05, 0) is 119 Å². The maximum atomic E-state index is 7.26. The zero-order valence-electron chi connectivity index (χ0n) is 35.3. The molecule has 0 spiro atoms. The van der Waals surface area contributed by atoms with Gasteiger partial charge in [0.15, 0.2) is 0 Å². The maximum absolute atomic E-state index is 7.26. The fourth-order valence-corrected chi connectivity index (χ4v) is 11.3. The molecule has 0 saturated heterocycles. The summed E-state index contributed by atoms with van der Waals surface area (Å²) in [6, 6.07) is 69.9. The van der Waals surface area contributed by atoms with Gasteiger partial charge >= 0.3 is 0 Å². The Morgan fingerprint density at radius 3 is 1.52 bits per heavy atom. The van der Waals surface area contributed by atoms with Gasteiger partial charge in [0.25, 0.3) is 0 Å². The first-order valence-electron chi connectivity index (χ1n) is 21.8. The Hall–Kier alpha value is -7.42. The lowest BCUT2D eigenvalue weighted by Crippen LogP contribution is -2.18. The SMILES string of the molecule is CC1(C)c2ccccc2-c2ccc(N(c3ccc4c(c3)C(C)(C)c3ccccc3-4)c3cc(-c4ccc5ccccc5c4)c4c(c3)oc3c5ccccc5c5ccccc5c34)cc21. The van der Waals surface area contributed by atoms with Gasteiger partial charge < -0.3 is 9.32 Å². The Morgan fingerprint density at radius 1 is 0.355 bits per heavy atom. The highest BCUT2D eigenvalue weighted by molar-refractivity contribution is 6.32. The molecule has 0 radical (unpaired) electrons. The quantitative estimate of drug-likeness (QED) is 0.165. The molecular weight excluding hydrogens is 751 g/mol. The zero-order valence-corrected chi connectivity index (χ0v) is 35.3. The first-order valence-corrected chi connectivity index (χ1v) is 21.8. The van der Waals surface area contributed by atoms with Crippen LogP contribution in [-0.4, -0.2) is 0 Å². The average molecular weight is 794 g/mol. The summed E-state index contributed by atoms with van der Waals surface area (Å²) in [6.07, 6.45) is 0. The first-order chi connectivity index (χ1) is 30.3. The van der Waals surface area contributed by atoms with E-state index >= 15 is 0 Å². The summed E-state index contributed by atoms with van der Waals surface area (Å²) in [5.41, 5.74) is 17.8. The van der Waals surface area contributed by atoms with Gasteiger partial charge in [0.05, 0.1) is 5.69 Å². The maximum Gasteiger partial charge on any atom is 0.143 e. The summed E-state index contributed by atoms with van der Waals surface area (Å²) < 4.78 is 7.26. The second-order valence-corrected chi connectivity index (χ2v) is 18.5. The topological polar surface area (TPSA) is 16.4 Å². The van der Waals surface area contributed by atoms with Crippen LogP contribution in [-0.2, 0) is 10.8 Å². The number of anilines is 3. The highest BCUT2D eigenvalue weighted by Gasteiger charge is 2.38. The van der Waals surface area contributed by atoms with Crippen molar-refractivity contribution in [1.29, 1.82) is 0 Å². The van der Waals surface area contributed by atoms with Crippen LogP contribution in [0.3, 0.4) is 0 Å². The lowest BCUT2D eigenvalue weighted by atomic mass is 9.82. The van der Waals surface area contributed by atoms with Crippen LogP contribution in [0.4, 0.5) is 17.1 Å². The number of rotatable bonds is 4. The molecule has 0 unspecified atom stereocenters. The molecular formula is C60H43NO. The monoisotopic (exact) mass is 793 g/mol. The van der Waals surface area contributed by atoms with E-state index < -0.39 is 0 Å². The van der Waals surface area contributed by atoms with E-state index in [2.05, 4.69) is 221 Å². The fraction of sp³-hybridized carbons (Fsp3) is 0.100. The van der Waals surface area contributed by atoms with Gasteiger partial charge in [-0.25, -0.2) is 0 Å². The molecule has 10 aromatic carbocycles. The molecule has 0 bridgehead atoms. The van der Waals surface area contributed by atoms with Crippen molar-refractivity contribution >= 4 is 71.3 Å². The third-order valence-electron chi connectivity index (χ3n) is 14.4. The third kappa shape index (κ3) is 4.81. The summed E-state index contributed by atoms with van der Waals surface area (Å²) in [6.45, 7) is 9.48. The van der Waals surface area contributed by atoms with Gasteiger partial charge in [-0.1, -0.05) is 173 Å². The molecule has 2 aliphatic carbocycles. The largest absolute Gasteiger partial charge is 0.455 e. The summed E-state index contributed by atoms with van der Waals surface area (Å²) in [7, 11) is 0. The molecule has 0 amide bonds. The Balaban J connectivity index is 1.13. The molecule has 2 heteroatoms. The molecule has 2 nitrogen and oxygen atoms in total. The van der Waals surface area contributed by atoms with Gasteiger partial charge in [0.1, 0.15) is 11.2 Å². The smallest absolute Gasteiger partial charge is 0.143 e. The first kappa shape index (κ1) is 35.3. The zero-order chi connectivity index (χ0) is 41.5. The van der Waals surface area contributed by atoms with E-state index in [-0.39, 0.29) is 10.8 Å². The number of furan rings is 1. The molecule has 2 aliphatic rings. The third-order valence-corrected chi connectivity index (χ3v) is 14.4. The number of benzene rings is 10. The van der Waals surface area contributed by atoms with E-state index in [1.807, 2.05) is 0 Å². The molecule has 13 rings (SSSR count). The summed E-state index contributed by atoms with van der Waals surface area (Å²) >= 11 is 0. The van der Waals surface area contributed by atoms with E-state index in [9.17, 15) is 0 Å². The minimum Gasteiger partial charge on any atom is -0.455 e. The molecule has 0 aliphatic heterocycles. The standard InChI is InChI=1S/C60H43NO/c1-59(2)51-23-13-11-19-44(51)46-29-27-39(33-53(46)59)61(40-28-30-47-45-20-12-14-24-52(45)60(3,4)54(47)34-40)41-32-50(38-26-25-36-15-5-6-16-37(36)31-38)56-55(35-41)62-58-49-22-10-8-18-43(49)42-17-7-9-21-48(42)57(56)58/h5-35H,1-4H3. The van der Waals surface area contributed by atoms with E-state index in [1.54, 1.807) is 0 Å². The van der Waals surface area contributed by atoms with Crippen molar-refractivity contribution in [2.45, 2.75) is 38.5 Å². The van der Waals surface area contributed by atoms with Crippen molar-refractivity contribution in [2.24, 2.45) is 0 Å². The average Bonchev–Trinajstić information content (AvgIpc) is 3.89. The van der Waals surface area contributed by atoms with Gasteiger partial charge in [-0.3, -0.25) is 0 Å². The van der Waals surface area contributed by atoms with Crippen molar-refractivity contribution in [2.75, 3.05) is 4.90 Å². The number of nitrogens with zero attached hydrogens (tertiary/aromatic N) is 1. The highest BCUT2D eigenvalue weighted by atomic mass is 16.3. The summed E-state index contributed by atoms with van der Waals surface area (Å²) in [5, 5.41) is 9.49. The predicted molar refractivity (Wildman–Crippen MR) is 261 cm³/mol. The molecule has 0 saturated carbocycles. The number of hydrogen-bond donors (Lipinski definition) is 0. The lowest BCUT2D eigenvalue weighted by Gasteiger charge is -2.30. The van der Waals surface area contributed by atoms with Gasteiger partial charge in [0.2, 0.25) is 0 Å². The molecule has 1 heterocycles. The molecule has 0 fully saturated rings. The van der Waals surface area contributed by atoms with E-state index in [4.69, 9.17) is 4.42 Å². The molecule has 0 N–H and O–H groups in total. The predicted octanol–water partition coefficient (Wildman–Crippen LogP) is 16.8. The van der Waals surface area contributed by atoms with Gasteiger partial charge in [0, 0.05) is 44.4 Å². The Morgan fingerprint density at radius 2 is 0.871 bits per heavy atom. The van der Waals surface area contributed by atoms with Crippen LogP contribution in [0.15, 0.2) is 192 Å². The van der Waals surface area contributed by atoms with Crippen LogP contribution in [0, 0.1) is 0 Å². The normalized spacial score (nSPS) is 14.4. The molecule has 294 valence electrons. The Bertz CT molecular complexity index is 3600. The lowest BCUT2D eigenvalue weighted by molar-refractivity contribution is 0.660. The van der Waals surface area contributed by atoms with Crippen LogP contribution in [0.25, 0.3) is 87.6 Å². The van der Waals surface area contributed by atoms with Crippen molar-refractivity contribution < 1.29 is 4.42 Å². The van der Waals surface area contributed by atoms with Gasteiger partial charge in [-0.2, -0.15) is 0 Å². The number of fused-ring (bicyclic) bond motifs is 15. The minimum atomic E-state index is -0.157.